The molecule has 188 valence electrons. The fourth-order valence-corrected chi connectivity index (χ4v) is 5.14. The molecular weight excluding hydrogens is 566 g/mol. The standard InChI is InChI=1S/C20H17BrF2N8O4S/c1-7-10(5-29(3)27-7)9-4-11(17(22)23)25-20-13(9)15(16(36-20)18(24)33)26-12(32)6-30-8(2)14(21)19(28-30)31(34)35/h4-5,17H,6H2,1-3H3,(H2,24,33)(H,26,32). The van der Waals surface area contributed by atoms with Crippen LogP contribution in [0.5, 0.6) is 0 Å². The van der Waals surface area contributed by atoms with Gasteiger partial charge in [0.1, 0.15) is 26.4 Å². The molecule has 0 aliphatic heterocycles. The van der Waals surface area contributed by atoms with Crippen LogP contribution in [0.15, 0.2) is 16.7 Å². The van der Waals surface area contributed by atoms with Gasteiger partial charge in [-0.25, -0.2) is 13.8 Å². The van der Waals surface area contributed by atoms with Crippen LogP contribution >= 0.6 is 27.3 Å². The molecule has 0 unspecified atom stereocenters. The maximum Gasteiger partial charge on any atom is 0.404 e. The predicted octanol–water partition coefficient (Wildman–Crippen LogP) is 3.86. The highest BCUT2D eigenvalue weighted by Crippen LogP contribution is 2.43. The number of rotatable bonds is 7. The third kappa shape index (κ3) is 4.44. The van der Waals surface area contributed by atoms with Crippen molar-refractivity contribution < 1.29 is 23.3 Å². The number of pyridine rings is 1. The van der Waals surface area contributed by atoms with Crippen LogP contribution in [-0.4, -0.2) is 41.3 Å². The number of hydrogen-bond acceptors (Lipinski definition) is 8. The molecule has 4 aromatic rings. The highest BCUT2D eigenvalue weighted by atomic mass is 79.9. The summed E-state index contributed by atoms with van der Waals surface area (Å²) in [5, 5.41) is 22.1. The number of carbonyl (C=O) groups is 2. The van der Waals surface area contributed by atoms with Gasteiger partial charge >= 0.3 is 5.82 Å². The number of anilines is 1. The molecule has 0 aliphatic carbocycles. The minimum Gasteiger partial charge on any atom is -0.365 e. The highest BCUT2D eigenvalue weighted by molar-refractivity contribution is 9.10. The third-order valence-electron chi connectivity index (χ3n) is 5.28. The number of fused-ring (bicyclic) bond motifs is 1. The van der Waals surface area contributed by atoms with Crippen LogP contribution < -0.4 is 11.1 Å². The van der Waals surface area contributed by atoms with Crippen LogP contribution in [0.1, 0.15) is 33.2 Å². The molecule has 36 heavy (non-hydrogen) atoms. The second-order valence-corrected chi connectivity index (χ2v) is 9.53. The van der Waals surface area contributed by atoms with Gasteiger partial charge < -0.3 is 21.2 Å². The van der Waals surface area contributed by atoms with Gasteiger partial charge in [-0.1, -0.05) is 0 Å². The van der Waals surface area contributed by atoms with Gasteiger partial charge in [-0.2, -0.15) is 9.78 Å². The normalized spacial score (nSPS) is 11.4. The molecule has 0 spiro atoms. The van der Waals surface area contributed by atoms with Gasteiger partial charge in [-0.05, 0) is 46.3 Å². The van der Waals surface area contributed by atoms with Crippen molar-refractivity contribution in [3.05, 3.63) is 48.8 Å². The van der Waals surface area contributed by atoms with Gasteiger partial charge in [-0.15, -0.1) is 11.3 Å². The summed E-state index contributed by atoms with van der Waals surface area (Å²) in [5.74, 6) is -2.04. The number of thiophene rings is 1. The molecule has 2 amide bonds. The summed E-state index contributed by atoms with van der Waals surface area (Å²) >= 11 is 3.85. The average molecular weight is 583 g/mol. The number of nitrogens with two attached hydrogens (primary N) is 1. The number of amides is 2. The van der Waals surface area contributed by atoms with Crippen molar-refractivity contribution in [1.82, 2.24) is 24.5 Å². The van der Waals surface area contributed by atoms with Crippen molar-refractivity contribution in [3.63, 3.8) is 0 Å². The Hall–Kier alpha value is -3.79. The van der Waals surface area contributed by atoms with Crippen molar-refractivity contribution in [3.8, 4) is 11.1 Å². The molecule has 0 fully saturated rings. The Bertz CT molecular complexity index is 1560. The topological polar surface area (TPSA) is 164 Å². The van der Waals surface area contributed by atoms with Crippen molar-refractivity contribution >= 4 is 60.8 Å². The number of hydrogen-bond donors (Lipinski definition) is 2. The van der Waals surface area contributed by atoms with Crippen molar-refractivity contribution in [2.24, 2.45) is 12.8 Å². The Morgan fingerprint density at radius 1 is 1.31 bits per heavy atom. The van der Waals surface area contributed by atoms with Gasteiger partial charge in [0.15, 0.2) is 0 Å². The van der Waals surface area contributed by atoms with E-state index in [0.29, 0.717) is 17.0 Å². The summed E-state index contributed by atoms with van der Waals surface area (Å²) in [6.45, 7) is 2.79. The van der Waals surface area contributed by atoms with E-state index in [1.54, 1.807) is 20.2 Å². The highest BCUT2D eigenvalue weighted by Gasteiger charge is 2.28. The molecule has 0 radical (unpaired) electrons. The summed E-state index contributed by atoms with van der Waals surface area (Å²) in [6, 6.07) is 1.18. The van der Waals surface area contributed by atoms with E-state index >= 15 is 0 Å². The smallest absolute Gasteiger partial charge is 0.365 e. The molecule has 12 nitrogen and oxygen atoms in total. The molecule has 4 heterocycles. The van der Waals surface area contributed by atoms with E-state index in [2.05, 4.69) is 36.4 Å². The molecule has 0 saturated carbocycles. The second-order valence-electron chi connectivity index (χ2n) is 7.73. The number of primary amides is 1. The summed E-state index contributed by atoms with van der Waals surface area (Å²) < 4.78 is 30.0. The average Bonchev–Trinajstić information content (AvgIpc) is 3.42. The van der Waals surface area contributed by atoms with Gasteiger partial charge in [0.2, 0.25) is 5.91 Å². The zero-order chi connectivity index (χ0) is 26.5. The molecule has 4 aromatic heterocycles. The van der Waals surface area contributed by atoms with E-state index in [1.807, 2.05) is 0 Å². The lowest BCUT2D eigenvalue weighted by Crippen LogP contribution is -2.22. The van der Waals surface area contributed by atoms with Crippen molar-refractivity contribution in [2.75, 3.05) is 5.32 Å². The minimum absolute atomic E-state index is 0.00237. The maximum atomic E-state index is 13.6. The molecule has 0 aromatic carbocycles. The summed E-state index contributed by atoms with van der Waals surface area (Å²) in [4.78, 5) is 39.6. The molecule has 3 N–H and O–H groups in total. The number of aromatic nitrogens is 5. The lowest BCUT2D eigenvalue weighted by Gasteiger charge is -2.10. The third-order valence-corrected chi connectivity index (χ3v) is 7.31. The zero-order valence-electron chi connectivity index (χ0n) is 18.9. The zero-order valence-corrected chi connectivity index (χ0v) is 21.3. The number of aryl methyl sites for hydroxylation is 2. The Balaban J connectivity index is 1.86. The van der Waals surface area contributed by atoms with E-state index in [0.717, 1.165) is 16.0 Å². The monoisotopic (exact) mass is 582 g/mol. The summed E-state index contributed by atoms with van der Waals surface area (Å²) in [7, 11) is 1.66. The quantitative estimate of drug-likeness (QED) is 0.246. The molecule has 0 saturated heterocycles. The van der Waals surface area contributed by atoms with Crippen molar-refractivity contribution in [1.29, 1.82) is 0 Å². The lowest BCUT2D eigenvalue weighted by atomic mass is 10.0. The number of carbonyl (C=O) groups excluding carboxylic acids is 2. The van der Waals surface area contributed by atoms with Crippen LogP contribution in [0.4, 0.5) is 20.3 Å². The van der Waals surface area contributed by atoms with Gasteiger partial charge in [0.05, 0.1) is 22.2 Å². The fourth-order valence-electron chi connectivity index (χ4n) is 3.69. The number of alkyl halides is 2. The minimum atomic E-state index is -2.89. The molecule has 0 atom stereocenters. The SMILES string of the molecule is Cc1nn(C)cc1-c1cc(C(F)F)nc2sc(C(N)=O)c(NC(=O)Cn3nc([N+](=O)[O-])c(Br)c3C)c12. The first-order chi connectivity index (χ1) is 16.9. The molecule has 16 heteroatoms. The van der Waals surface area contributed by atoms with Crippen LogP contribution in [-0.2, 0) is 18.4 Å². The first-order valence-corrected chi connectivity index (χ1v) is 11.7. The van der Waals surface area contributed by atoms with E-state index in [-0.39, 0.29) is 30.8 Å². The number of nitrogens with one attached hydrogen (secondary N) is 1. The Morgan fingerprint density at radius 3 is 2.53 bits per heavy atom. The van der Waals surface area contributed by atoms with E-state index in [1.165, 1.54) is 17.7 Å². The molecule has 0 aliphatic rings. The lowest BCUT2D eigenvalue weighted by molar-refractivity contribution is -0.390. The Morgan fingerprint density at radius 2 is 2.00 bits per heavy atom. The number of halogens is 3. The maximum absolute atomic E-state index is 13.6. The molecule has 0 bridgehead atoms. The number of nitro groups is 1. The first kappa shape index (κ1) is 25.3. The van der Waals surface area contributed by atoms with Gasteiger partial charge in [-0.3, -0.25) is 14.3 Å². The fraction of sp³-hybridized carbons (Fsp3) is 0.250. The van der Waals surface area contributed by atoms with E-state index in [4.69, 9.17) is 5.73 Å². The van der Waals surface area contributed by atoms with Gasteiger partial charge in [0.25, 0.3) is 12.3 Å². The number of nitrogens with zero attached hydrogens (tertiary/aromatic N) is 6. The Labute approximate surface area is 213 Å². The van der Waals surface area contributed by atoms with Gasteiger partial charge in [0, 0.05) is 24.2 Å². The van der Waals surface area contributed by atoms with Crippen LogP contribution in [0, 0.1) is 24.0 Å². The van der Waals surface area contributed by atoms with Crippen molar-refractivity contribution in [2.45, 2.75) is 26.8 Å². The first-order valence-electron chi connectivity index (χ1n) is 10.1. The van der Waals surface area contributed by atoms with Crippen LogP contribution in [0.25, 0.3) is 21.3 Å². The van der Waals surface area contributed by atoms with Crippen LogP contribution in [0.3, 0.4) is 0 Å². The van der Waals surface area contributed by atoms with Crippen LogP contribution in [0.2, 0.25) is 0 Å². The summed E-state index contributed by atoms with van der Waals surface area (Å²) in [6.07, 6.45) is -1.27. The predicted molar refractivity (Wildman–Crippen MR) is 130 cm³/mol. The Kier molecular flexibility index (Phi) is 6.57. The largest absolute Gasteiger partial charge is 0.404 e. The van der Waals surface area contributed by atoms with E-state index in [9.17, 15) is 28.5 Å². The molecular formula is C20H17BrF2N8O4S. The summed E-state index contributed by atoms with van der Waals surface area (Å²) in [5.41, 5.74) is 6.66. The van der Waals surface area contributed by atoms with E-state index < -0.39 is 41.2 Å². The second kappa shape index (κ2) is 9.34. The molecule has 4 rings (SSSR count).